The van der Waals surface area contributed by atoms with Gasteiger partial charge < -0.3 is 16.2 Å². The van der Waals surface area contributed by atoms with Crippen LogP contribution in [0.15, 0.2) is 83.8 Å². The molecule has 204 valence electrons. The molecule has 0 saturated carbocycles. The maximum Gasteiger partial charge on any atom is 0.490 e. The van der Waals surface area contributed by atoms with Gasteiger partial charge in [0.2, 0.25) is 0 Å². The van der Waals surface area contributed by atoms with Gasteiger partial charge in [0.1, 0.15) is 5.69 Å². The number of thiazole rings is 1. The van der Waals surface area contributed by atoms with Gasteiger partial charge in [-0.2, -0.15) is 13.2 Å². The summed E-state index contributed by atoms with van der Waals surface area (Å²) >= 11 is 1.50. The summed E-state index contributed by atoms with van der Waals surface area (Å²) in [5.74, 6) is -3.01. The molecule has 0 aliphatic carbocycles. The van der Waals surface area contributed by atoms with Crippen molar-refractivity contribution in [2.45, 2.75) is 19.3 Å². The third kappa shape index (κ3) is 6.84. The van der Waals surface area contributed by atoms with Crippen LogP contribution in [0, 0.1) is 0 Å². The lowest BCUT2D eigenvalue weighted by molar-refractivity contribution is -0.192. The lowest BCUT2D eigenvalue weighted by atomic mass is 9.96. The molecule has 4 N–H and O–H groups in total. The third-order valence-electron chi connectivity index (χ3n) is 5.66. The Morgan fingerprint density at radius 3 is 2.27 bits per heavy atom. The highest BCUT2D eigenvalue weighted by Crippen LogP contribution is 2.34. The zero-order chi connectivity index (χ0) is 28.7. The van der Waals surface area contributed by atoms with Gasteiger partial charge in [-0.1, -0.05) is 54.6 Å². The van der Waals surface area contributed by atoms with Crippen molar-refractivity contribution >= 4 is 34.1 Å². The molecular weight excluding hydrogens is 543 g/mol. The molecule has 0 unspecified atom stereocenters. The zero-order valence-electron chi connectivity index (χ0n) is 20.7. The van der Waals surface area contributed by atoms with E-state index in [9.17, 15) is 18.0 Å². The number of carboxylic acid groups (broad SMARTS) is 1. The van der Waals surface area contributed by atoms with Crippen LogP contribution < -0.4 is 11.1 Å². The summed E-state index contributed by atoms with van der Waals surface area (Å²) in [5.41, 5.74) is 14.2. The monoisotopic (exact) mass is 565 g/mol. The number of aromatic nitrogens is 3. The fraction of sp³-hybridized carbons (Fsp3) is 0.107. The van der Waals surface area contributed by atoms with E-state index >= 15 is 0 Å². The van der Waals surface area contributed by atoms with E-state index in [1.807, 2.05) is 72.1 Å². The molecule has 0 aliphatic heterocycles. The minimum absolute atomic E-state index is 0.255. The quantitative estimate of drug-likeness (QED) is 0.250. The number of aliphatic carboxylic acids is 1. The minimum atomic E-state index is -5.08. The standard InChI is InChI=1S/C26H21N5OS.C2HF3O2/c27-13-17-6-8-19(9-7-17)24-21(18-4-2-1-3-5-18)12-22-23(31-24)10-11-28-25(22)26(32)29-14-20-15-33-16-30-20;3-2(4,5)1(6)7/h1-12,15-16H,13-14,27H2,(H,29,32);(H,6,7). The van der Waals surface area contributed by atoms with Crippen LogP contribution in [-0.2, 0) is 17.9 Å². The fourth-order valence-corrected chi connectivity index (χ4v) is 4.27. The number of alkyl halides is 3. The normalized spacial score (nSPS) is 11.0. The Bertz CT molecular complexity index is 1610. The molecule has 0 aliphatic rings. The number of nitrogens with one attached hydrogen (secondary N) is 1. The molecule has 0 atom stereocenters. The first-order valence-electron chi connectivity index (χ1n) is 11.8. The summed E-state index contributed by atoms with van der Waals surface area (Å²) in [6, 6.07) is 22.0. The van der Waals surface area contributed by atoms with Gasteiger partial charge in [0.05, 0.1) is 29.0 Å². The first-order chi connectivity index (χ1) is 19.2. The highest BCUT2D eigenvalue weighted by molar-refractivity contribution is 7.07. The average Bonchev–Trinajstić information content (AvgIpc) is 3.49. The predicted octanol–water partition coefficient (Wildman–Crippen LogP) is 5.44. The lowest BCUT2D eigenvalue weighted by Gasteiger charge is -2.13. The molecule has 5 aromatic rings. The topological polar surface area (TPSA) is 131 Å². The van der Waals surface area contributed by atoms with E-state index in [1.54, 1.807) is 11.7 Å². The van der Waals surface area contributed by atoms with Gasteiger partial charge in [-0.05, 0) is 23.3 Å². The molecule has 40 heavy (non-hydrogen) atoms. The van der Waals surface area contributed by atoms with Crippen LogP contribution in [0.25, 0.3) is 33.3 Å². The SMILES string of the molecule is NCc1ccc(-c2nc3ccnc(C(=O)NCc4cscn4)c3cc2-c2ccccc2)cc1.O=C(O)C(F)(F)F. The van der Waals surface area contributed by atoms with E-state index < -0.39 is 12.1 Å². The number of nitrogens with zero attached hydrogens (tertiary/aromatic N) is 3. The number of nitrogens with two attached hydrogens (primary N) is 1. The summed E-state index contributed by atoms with van der Waals surface area (Å²) in [4.78, 5) is 35.5. The number of rotatable bonds is 6. The smallest absolute Gasteiger partial charge is 0.475 e. The summed E-state index contributed by atoms with van der Waals surface area (Å²) < 4.78 is 31.7. The molecule has 0 spiro atoms. The number of carbonyl (C=O) groups excluding carboxylic acids is 1. The molecular formula is C28H22F3N5O3S. The molecule has 2 aromatic carbocycles. The number of hydrogen-bond acceptors (Lipinski definition) is 7. The van der Waals surface area contributed by atoms with Crippen LogP contribution in [0.3, 0.4) is 0 Å². The van der Waals surface area contributed by atoms with E-state index in [0.717, 1.165) is 33.6 Å². The maximum atomic E-state index is 13.0. The van der Waals surface area contributed by atoms with E-state index in [1.165, 1.54) is 11.3 Å². The highest BCUT2D eigenvalue weighted by atomic mass is 32.1. The van der Waals surface area contributed by atoms with Crippen LogP contribution in [0.4, 0.5) is 13.2 Å². The predicted molar refractivity (Wildman–Crippen MR) is 145 cm³/mol. The first-order valence-corrected chi connectivity index (χ1v) is 12.7. The summed E-state index contributed by atoms with van der Waals surface area (Å²) in [5, 5.41) is 12.7. The molecule has 5 rings (SSSR count). The van der Waals surface area contributed by atoms with E-state index in [2.05, 4.69) is 15.3 Å². The first kappa shape index (κ1) is 28.3. The number of fused-ring (bicyclic) bond motifs is 1. The zero-order valence-corrected chi connectivity index (χ0v) is 21.5. The second-order valence-electron chi connectivity index (χ2n) is 8.34. The van der Waals surface area contributed by atoms with Gasteiger partial charge in [-0.3, -0.25) is 9.78 Å². The van der Waals surface area contributed by atoms with Crippen LogP contribution in [0.5, 0.6) is 0 Å². The Kier molecular flexibility index (Phi) is 8.82. The van der Waals surface area contributed by atoms with E-state index in [4.69, 9.17) is 20.6 Å². The van der Waals surface area contributed by atoms with Crippen LogP contribution in [-0.4, -0.2) is 38.1 Å². The van der Waals surface area contributed by atoms with Crippen LogP contribution >= 0.6 is 11.3 Å². The number of carbonyl (C=O) groups is 2. The number of amides is 1. The van der Waals surface area contributed by atoms with Crippen LogP contribution in [0.1, 0.15) is 21.7 Å². The van der Waals surface area contributed by atoms with Gasteiger partial charge in [0.25, 0.3) is 5.91 Å². The molecule has 12 heteroatoms. The number of halogens is 3. The van der Waals surface area contributed by atoms with Crippen molar-refractivity contribution in [3.8, 4) is 22.4 Å². The van der Waals surface area contributed by atoms with Crippen LogP contribution in [0.2, 0.25) is 0 Å². The Morgan fingerprint density at radius 2 is 1.68 bits per heavy atom. The van der Waals surface area contributed by atoms with Crippen molar-refractivity contribution in [3.05, 3.63) is 101 Å². The maximum absolute atomic E-state index is 13.0. The van der Waals surface area contributed by atoms with E-state index in [0.29, 0.717) is 29.7 Å². The number of hydrogen-bond donors (Lipinski definition) is 3. The molecule has 3 heterocycles. The van der Waals surface area contributed by atoms with Gasteiger partial charge >= 0.3 is 12.1 Å². The minimum Gasteiger partial charge on any atom is -0.475 e. The molecule has 1 amide bonds. The van der Waals surface area contributed by atoms with Crippen molar-refractivity contribution < 1.29 is 27.9 Å². The summed E-state index contributed by atoms with van der Waals surface area (Å²) in [6.45, 7) is 0.840. The Morgan fingerprint density at radius 1 is 0.975 bits per heavy atom. The molecule has 0 saturated heterocycles. The molecule has 0 bridgehead atoms. The second kappa shape index (κ2) is 12.5. The van der Waals surface area contributed by atoms with Crippen molar-refractivity contribution in [1.29, 1.82) is 0 Å². The van der Waals surface area contributed by atoms with Gasteiger partial charge in [0.15, 0.2) is 0 Å². The van der Waals surface area contributed by atoms with Gasteiger partial charge in [0, 0.05) is 34.6 Å². The average molecular weight is 566 g/mol. The van der Waals surface area contributed by atoms with Gasteiger partial charge in [-0.15, -0.1) is 11.3 Å². The lowest BCUT2D eigenvalue weighted by Crippen LogP contribution is -2.24. The van der Waals surface area contributed by atoms with Crippen molar-refractivity contribution in [2.75, 3.05) is 0 Å². The fourth-order valence-electron chi connectivity index (χ4n) is 3.71. The van der Waals surface area contributed by atoms with Crippen molar-refractivity contribution in [3.63, 3.8) is 0 Å². The summed E-state index contributed by atoms with van der Waals surface area (Å²) in [7, 11) is 0. The molecule has 0 radical (unpaired) electrons. The second-order valence-corrected chi connectivity index (χ2v) is 9.06. The number of benzene rings is 2. The Hall–Kier alpha value is -4.68. The highest BCUT2D eigenvalue weighted by Gasteiger charge is 2.38. The third-order valence-corrected chi connectivity index (χ3v) is 6.30. The van der Waals surface area contributed by atoms with E-state index in [-0.39, 0.29) is 5.91 Å². The van der Waals surface area contributed by atoms with Gasteiger partial charge in [-0.25, -0.2) is 14.8 Å². The largest absolute Gasteiger partial charge is 0.490 e. The number of carboxylic acids is 1. The van der Waals surface area contributed by atoms with Crippen molar-refractivity contribution in [1.82, 2.24) is 20.3 Å². The number of pyridine rings is 2. The van der Waals surface area contributed by atoms with Crippen molar-refractivity contribution in [2.24, 2.45) is 5.73 Å². The molecule has 3 aromatic heterocycles. The Labute approximate surface area is 230 Å². The molecule has 0 fully saturated rings. The summed E-state index contributed by atoms with van der Waals surface area (Å²) in [6.07, 6.45) is -3.46. The molecule has 8 nitrogen and oxygen atoms in total. The Balaban J connectivity index is 0.000000470.